The minimum absolute atomic E-state index is 0.0915. The highest BCUT2D eigenvalue weighted by molar-refractivity contribution is 9.10. The smallest absolute Gasteiger partial charge is 0.337 e. The van der Waals surface area contributed by atoms with Gasteiger partial charge in [-0.2, -0.15) is 3.71 Å². The van der Waals surface area contributed by atoms with Crippen molar-refractivity contribution in [3.05, 3.63) is 28.2 Å². The summed E-state index contributed by atoms with van der Waals surface area (Å²) in [7, 11) is -8.37. The second kappa shape index (κ2) is 5.10. The van der Waals surface area contributed by atoms with E-state index >= 15 is 0 Å². The van der Waals surface area contributed by atoms with Gasteiger partial charge in [0.15, 0.2) is 0 Å². The average Bonchev–Trinajstić information content (AvgIpc) is 2.11. The Balaban J connectivity index is 3.75. The van der Waals surface area contributed by atoms with Crippen LogP contribution in [0.25, 0.3) is 0 Å². The van der Waals surface area contributed by atoms with Gasteiger partial charge in [-0.3, -0.25) is 0 Å². The van der Waals surface area contributed by atoms with Crippen molar-refractivity contribution in [1.29, 1.82) is 0 Å². The molecule has 0 spiro atoms. The zero-order valence-electron chi connectivity index (χ0n) is 9.86. The van der Waals surface area contributed by atoms with Gasteiger partial charge in [-0.15, -0.1) is 0 Å². The van der Waals surface area contributed by atoms with Gasteiger partial charge in [0, 0.05) is 4.47 Å². The summed E-state index contributed by atoms with van der Waals surface area (Å²) in [4.78, 5) is 11.1. The number of anilines is 1. The largest absolute Gasteiger partial charge is 0.478 e. The van der Waals surface area contributed by atoms with E-state index in [-0.39, 0.29) is 3.71 Å². The van der Waals surface area contributed by atoms with Gasteiger partial charge in [0.1, 0.15) is 0 Å². The van der Waals surface area contributed by atoms with Gasteiger partial charge in [0.2, 0.25) is 20.0 Å². The number of rotatable bonds is 4. The van der Waals surface area contributed by atoms with Crippen LogP contribution in [0.1, 0.15) is 10.4 Å². The third-order valence-electron chi connectivity index (χ3n) is 1.99. The molecule has 0 aromatic heterocycles. The minimum atomic E-state index is -4.19. The van der Waals surface area contributed by atoms with Gasteiger partial charge in [-0.25, -0.2) is 21.6 Å². The molecule has 7 nitrogen and oxygen atoms in total. The first-order valence-electron chi connectivity index (χ1n) is 4.68. The van der Waals surface area contributed by atoms with Crippen LogP contribution in [0.15, 0.2) is 22.7 Å². The maximum Gasteiger partial charge on any atom is 0.337 e. The van der Waals surface area contributed by atoms with Crippen LogP contribution >= 0.6 is 15.9 Å². The maximum absolute atomic E-state index is 11.6. The van der Waals surface area contributed by atoms with Crippen molar-refractivity contribution in [3.63, 3.8) is 0 Å². The topological polar surface area (TPSA) is 109 Å². The second-order valence-corrected chi connectivity index (χ2v) is 8.50. The van der Waals surface area contributed by atoms with E-state index in [1.54, 1.807) is 0 Å². The Morgan fingerprint density at radius 1 is 1.16 bits per heavy atom. The zero-order valence-corrected chi connectivity index (χ0v) is 13.1. The number of nitrogens with zero attached hydrogens (tertiary/aromatic N) is 1. The number of carboxylic acids is 1. The van der Waals surface area contributed by atoms with Gasteiger partial charge >= 0.3 is 5.97 Å². The fraction of sp³-hybridized carbons (Fsp3) is 0.222. The summed E-state index contributed by atoms with van der Waals surface area (Å²) in [5.74, 6) is -1.43. The van der Waals surface area contributed by atoms with Gasteiger partial charge in [-0.05, 0) is 18.2 Å². The number of benzene rings is 1. The Kier molecular flexibility index (Phi) is 4.27. The molecule has 0 amide bonds. The third-order valence-corrected chi connectivity index (χ3v) is 5.71. The zero-order chi connectivity index (χ0) is 15.0. The third kappa shape index (κ3) is 3.67. The van der Waals surface area contributed by atoms with E-state index in [0.717, 1.165) is 12.1 Å². The predicted molar refractivity (Wildman–Crippen MR) is 73.3 cm³/mol. The van der Waals surface area contributed by atoms with E-state index < -0.39 is 37.3 Å². The summed E-state index contributed by atoms with van der Waals surface area (Å²) in [5.41, 5.74) is -0.870. The molecule has 0 unspecified atom stereocenters. The summed E-state index contributed by atoms with van der Waals surface area (Å²) in [5, 5.41) is 9.01. The van der Waals surface area contributed by atoms with Crippen molar-refractivity contribution in [1.82, 2.24) is 0 Å². The van der Waals surface area contributed by atoms with E-state index in [4.69, 9.17) is 5.11 Å². The molecule has 0 aliphatic carbocycles. The first-order valence-corrected chi connectivity index (χ1v) is 9.17. The Morgan fingerprint density at radius 3 is 2.00 bits per heavy atom. The molecule has 1 rings (SSSR count). The molecular formula is C9H10BrNO6S2. The molecule has 0 aliphatic heterocycles. The summed E-state index contributed by atoms with van der Waals surface area (Å²) >= 11 is 3.04. The average molecular weight is 372 g/mol. The normalized spacial score (nSPS) is 12.2. The fourth-order valence-corrected chi connectivity index (χ4v) is 4.77. The van der Waals surface area contributed by atoms with Crippen LogP contribution in [0, 0.1) is 0 Å². The molecule has 1 aromatic rings. The molecule has 0 saturated carbocycles. The SMILES string of the molecule is CS(=O)(=O)N(c1cc(Br)ccc1C(=O)O)S(C)(=O)=O. The first kappa shape index (κ1) is 15.9. The van der Waals surface area contributed by atoms with E-state index in [2.05, 4.69) is 15.9 Å². The van der Waals surface area contributed by atoms with Crippen LogP contribution in [0.4, 0.5) is 5.69 Å². The molecule has 0 heterocycles. The fourth-order valence-electron chi connectivity index (χ4n) is 1.44. The molecule has 1 aromatic carbocycles. The maximum atomic E-state index is 11.6. The van der Waals surface area contributed by atoms with E-state index in [1.807, 2.05) is 0 Å². The quantitative estimate of drug-likeness (QED) is 0.840. The molecule has 0 aliphatic rings. The van der Waals surface area contributed by atoms with Crippen LogP contribution in [0.2, 0.25) is 0 Å². The van der Waals surface area contributed by atoms with E-state index in [0.29, 0.717) is 17.0 Å². The van der Waals surface area contributed by atoms with Crippen molar-refractivity contribution in [2.24, 2.45) is 0 Å². The van der Waals surface area contributed by atoms with Gasteiger partial charge < -0.3 is 5.11 Å². The van der Waals surface area contributed by atoms with Gasteiger partial charge in [0.05, 0.1) is 23.8 Å². The summed E-state index contributed by atoms with van der Waals surface area (Å²) in [6, 6.07) is 3.60. The molecule has 106 valence electrons. The molecule has 0 bridgehead atoms. The lowest BCUT2D eigenvalue weighted by Gasteiger charge is -2.21. The van der Waals surface area contributed by atoms with Crippen molar-refractivity contribution in [3.8, 4) is 0 Å². The number of halogens is 1. The van der Waals surface area contributed by atoms with Crippen LogP contribution in [0.3, 0.4) is 0 Å². The lowest BCUT2D eigenvalue weighted by atomic mass is 10.2. The predicted octanol–water partition coefficient (Wildman–Crippen LogP) is 0.873. The number of sulfonamides is 2. The monoisotopic (exact) mass is 371 g/mol. The highest BCUT2D eigenvalue weighted by Gasteiger charge is 2.31. The molecule has 0 saturated heterocycles. The first-order chi connectivity index (χ1) is 8.44. The summed E-state index contributed by atoms with van der Waals surface area (Å²) < 4.78 is 46.9. The highest BCUT2D eigenvalue weighted by Crippen LogP contribution is 2.29. The Morgan fingerprint density at radius 2 is 1.63 bits per heavy atom. The van der Waals surface area contributed by atoms with Crippen LogP contribution in [0.5, 0.6) is 0 Å². The van der Waals surface area contributed by atoms with Crippen molar-refractivity contribution in [2.45, 2.75) is 0 Å². The molecule has 1 N–H and O–H groups in total. The lowest BCUT2D eigenvalue weighted by molar-refractivity contribution is 0.0698. The Labute approximate surface area is 119 Å². The highest BCUT2D eigenvalue weighted by atomic mass is 79.9. The molecule has 0 atom stereocenters. The summed E-state index contributed by atoms with van der Waals surface area (Å²) in [6.07, 6.45) is 1.36. The number of hydrogen-bond donors (Lipinski definition) is 1. The van der Waals surface area contributed by atoms with Crippen molar-refractivity contribution < 1.29 is 26.7 Å². The Bertz CT molecular complexity index is 693. The number of carbonyl (C=O) groups is 1. The molecular weight excluding hydrogens is 362 g/mol. The van der Waals surface area contributed by atoms with Gasteiger partial charge in [0.25, 0.3) is 0 Å². The second-order valence-electron chi connectivity index (χ2n) is 3.69. The molecule has 10 heteroatoms. The molecule has 0 fully saturated rings. The number of carboxylic acid groups (broad SMARTS) is 1. The minimum Gasteiger partial charge on any atom is -0.478 e. The number of aromatic carboxylic acids is 1. The summed E-state index contributed by atoms with van der Waals surface area (Å²) in [6.45, 7) is 0. The van der Waals surface area contributed by atoms with Crippen LogP contribution in [-0.2, 0) is 20.0 Å². The lowest BCUT2D eigenvalue weighted by Crippen LogP contribution is -2.36. The standard InChI is InChI=1S/C9H10BrNO6S2/c1-18(14,15)11(19(2,16)17)8-5-6(10)3-4-7(8)9(12)13/h3-5H,1-2H3,(H,12,13). The van der Waals surface area contributed by atoms with Crippen molar-refractivity contribution in [2.75, 3.05) is 16.2 Å². The molecule has 19 heavy (non-hydrogen) atoms. The van der Waals surface area contributed by atoms with Crippen molar-refractivity contribution >= 4 is 47.6 Å². The molecule has 0 radical (unpaired) electrons. The number of hydrogen-bond acceptors (Lipinski definition) is 5. The van der Waals surface area contributed by atoms with E-state index in [9.17, 15) is 21.6 Å². The van der Waals surface area contributed by atoms with Crippen LogP contribution < -0.4 is 3.71 Å². The Hall–Kier alpha value is -1.13. The van der Waals surface area contributed by atoms with Gasteiger partial charge in [-0.1, -0.05) is 15.9 Å². The van der Waals surface area contributed by atoms with Crippen LogP contribution in [-0.4, -0.2) is 40.4 Å². The van der Waals surface area contributed by atoms with E-state index in [1.165, 1.54) is 6.07 Å².